The fraction of sp³-hybridized carbons (Fsp3) is 0.700. The normalized spacial score (nSPS) is 14.2. The third-order valence-corrected chi connectivity index (χ3v) is 3.30. The molecule has 7 heteroatoms. The van der Waals surface area contributed by atoms with Gasteiger partial charge in [-0.15, -0.1) is 0 Å². The van der Waals surface area contributed by atoms with Gasteiger partial charge in [-0.3, -0.25) is 4.57 Å². The molecule has 0 rings (SSSR count). The summed E-state index contributed by atoms with van der Waals surface area (Å²) < 4.78 is 16.2. The Labute approximate surface area is 102 Å². The molecule has 17 heavy (non-hydrogen) atoms. The molecule has 0 fully saturated rings. The summed E-state index contributed by atoms with van der Waals surface area (Å²) in [4.78, 5) is 28.8. The molecule has 0 radical (unpaired) electrons. The Balaban J connectivity index is 4.37. The molecule has 2 N–H and O–H groups in total. The molecule has 0 aliphatic rings. The van der Waals surface area contributed by atoms with Crippen LogP contribution in [-0.4, -0.2) is 60.2 Å². The van der Waals surface area contributed by atoms with Crippen LogP contribution in [0.25, 0.3) is 0 Å². The Morgan fingerprint density at radius 3 is 2.35 bits per heavy atom. The molecule has 0 amide bonds. The molecule has 0 aromatic heterocycles. The van der Waals surface area contributed by atoms with E-state index in [0.717, 1.165) is 6.08 Å². The maximum Gasteiger partial charge on any atom is 0.331 e. The lowest BCUT2D eigenvalue weighted by atomic mass is 10.2. The molecular formula is C10H21NO5P+. The van der Waals surface area contributed by atoms with Crippen LogP contribution in [0.4, 0.5) is 0 Å². The fourth-order valence-electron chi connectivity index (χ4n) is 1.35. The van der Waals surface area contributed by atoms with E-state index < -0.39 is 13.6 Å². The van der Waals surface area contributed by atoms with Gasteiger partial charge in [0.1, 0.15) is 12.2 Å². The van der Waals surface area contributed by atoms with E-state index in [1.165, 1.54) is 0 Å². The molecule has 0 bridgehead atoms. The van der Waals surface area contributed by atoms with Crippen LogP contribution >= 0.6 is 7.60 Å². The van der Waals surface area contributed by atoms with Gasteiger partial charge in [0.15, 0.2) is 0 Å². The average Bonchev–Trinajstić information content (AvgIpc) is 2.12. The number of ether oxygens (including phenoxy) is 1. The van der Waals surface area contributed by atoms with Crippen molar-refractivity contribution in [3.05, 3.63) is 12.7 Å². The van der Waals surface area contributed by atoms with Crippen molar-refractivity contribution in [2.75, 3.05) is 33.9 Å². The molecule has 1 atom stereocenters. The van der Waals surface area contributed by atoms with Crippen LogP contribution in [0.1, 0.15) is 6.42 Å². The summed E-state index contributed by atoms with van der Waals surface area (Å²) in [5.41, 5.74) is 0. The third kappa shape index (κ3) is 8.10. The minimum Gasteiger partial charge on any atom is -0.462 e. The summed E-state index contributed by atoms with van der Waals surface area (Å²) in [6.45, 7) is 3.39. The number of hydrogen-bond acceptors (Lipinski definition) is 3. The van der Waals surface area contributed by atoms with Crippen molar-refractivity contribution >= 4 is 13.6 Å². The van der Waals surface area contributed by atoms with E-state index in [-0.39, 0.29) is 18.8 Å². The van der Waals surface area contributed by atoms with Crippen LogP contribution < -0.4 is 0 Å². The second-order valence-electron chi connectivity index (χ2n) is 4.78. The average molecular weight is 266 g/mol. The first-order chi connectivity index (χ1) is 7.56. The highest BCUT2D eigenvalue weighted by Crippen LogP contribution is 2.37. The van der Waals surface area contributed by atoms with Crippen molar-refractivity contribution < 1.29 is 28.4 Å². The van der Waals surface area contributed by atoms with Gasteiger partial charge in [0.2, 0.25) is 0 Å². The molecule has 100 valence electrons. The van der Waals surface area contributed by atoms with E-state index in [1.807, 2.05) is 21.1 Å². The number of carbonyl (C=O) groups is 1. The highest BCUT2D eigenvalue weighted by molar-refractivity contribution is 7.51. The monoisotopic (exact) mass is 266 g/mol. The molecule has 6 nitrogen and oxygen atoms in total. The lowest BCUT2D eigenvalue weighted by Gasteiger charge is -2.34. The summed E-state index contributed by atoms with van der Waals surface area (Å²) in [6, 6.07) is -0.270. The molecule has 1 unspecified atom stereocenters. The van der Waals surface area contributed by atoms with Gasteiger partial charge in [-0.05, 0) is 0 Å². The topological polar surface area (TPSA) is 83.8 Å². The van der Waals surface area contributed by atoms with Gasteiger partial charge in [-0.25, -0.2) is 4.79 Å². The molecule has 0 aliphatic carbocycles. The van der Waals surface area contributed by atoms with E-state index in [0.29, 0.717) is 10.9 Å². The number of carbonyl (C=O) groups excluding carboxylic acids is 1. The quantitative estimate of drug-likeness (QED) is 0.301. The van der Waals surface area contributed by atoms with E-state index in [2.05, 4.69) is 6.58 Å². The van der Waals surface area contributed by atoms with E-state index >= 15 is 0 Å². The Bertz CT molecular complexity index is 317. The summed E-state index contributed by atoms with van der Waals surface area (Å²) in [5, 5.41) is 0. The van der Waals surface area contributed by atoms with Crippen LogP contribution in [-0.2, 0) is 14.1 Å². The second kappa shape index (κ2) is 6.31. The van der Waals surface area contributed by atoms with Crippen LogP contribution in [0.2, 0.25) is 0 Å². The molecule has 0 heterocycles. The largest absolute Gasteiger partial charge is 0.462 e. The third-order valence-electron chi connectivity index (χ3n) is 2.41. The lowest BCUT2D eigenvalue weighted by molar-refractivity contribution is -0.893. The van der Waals surface area contributed by atoms with Crippen LogP contribution in [0.3, 0.4) is 0 Å². The van der Waals surface area contributed by atoms with Gasteiger partial charge in [0, 0.05) is 12.5 Å². The number of rotatable bonds is 7. The maximum atomic E-state index is 11.0. The Morgan fingerprint density at radius 2 is 2.00 bits per heavy atom. The molecule has 0 saturated heterocycles. The maximum absolute atomic E-state index is 11.0. The van der Waals surface area contributed by atoms with Gasteiger partial charge in [-0.1, -0.05) is 6.58 Å². The van der Waals surface area contributed by atoms with E-state index in [4.69, 9.17) is 14.5 Å². The zero-order valence-corrected chi connectivity index (χ0v) is 11.4. The summed E-state index contributed by atoms with van der Waals surface area (Å²) in [7, 11) is 1.46. The van der Waals surface area contributed by atoms with Gasteiger partial charge >= 0.3 is 13.6 Å². The zero-order valence-electron chi connectivity index (χ0n) is 10.5. The van der Waals surface area contributed by atoms with Crippen LogP contribution in [0.15, 0.2) is 12.7 Å². The highest BCUT2D eigenvalue weighted by atomic mass is 31.2. The van der Waals surface area contributed by atoms with Crippen LogP contribution in [0.5, 0.6) is 0 Å². The van der Waals surface area contributed by atoms with Crippen molar-refractivity contribution in [3.63, 3.8) is 0 Å². The number of esters is 1. The van der Waals surface area contributed by atoms with Gasteiger partial charge < -0.3 is 19.0 Å². The molecule has 0 saturated carbocycles. The predicted octanol–water partition coefficient (Wildman–Crippen LogP) is 0.358. The molecule has 0 aromatic rings. The summed E-state index contributed by atoms with van der Waals surface area (Å²) in [5.74, 6) is -0.527. The Hall–Kier alpha value is -0.680. The molecule has 0 spiro atoms. The zero-order chi connectivity index (χ0) is 13.7. The van der Waals surface area contributed by atoms with Crippen molar-refractivity contribution in [3.8, 4) is 0 Å². The van der Waals surface area contributed by atoms with Crippen molar-refractivity contribution in [1.82, 2.24) is 0 Å². The van der Waals surface area contributed by atoms with Gasteiger partial charge in [-0.2, -0.15) is 0 Å². The van der Waals surface area contributed by atoms with E-state index in [1.54, 1.807) is 0 Å². The number of nitrogens with zero attached hydrogens (tertiary/aromatic N) is 1. The van der Waals surface area contributed by atoms with Crippen molar-refractivity contribution in [2.24, 2.45) is 0 Å². The number of quaternary nitrogens is 1. The van der Waals surface area contributed by atoms with Crippen LogP contribution in [0, 0.1) is 0 Å². The minimum atomic E-state index is -4.07. The van der Waals surface area contributed by atoms with Crippen molar-refractivity contribution in [1.29, 1.82) is 0 Å². The Kier molecular flexibility index (Phi) is 6.05. The van der Waals surface area contributed by atoms with Gasteiger partial charge in [0.05, 0.1) is 27.7 Å². The van der Waals surface area contributed by atoms with Gasteiger partial charge in [0.25, 0.3) is 0 Å². The lowest BCUT2D eigenvalue weighted by Crippen LogP contribution is -2.47. The molecular weight excluding hydrogens is 245 g/mol. The Morgan fingerprint density at radius 1 is 1.47 bits per heavy atom. The van der Waals surface area contributed by atoms with Crippen molar-refractivity contribution in [2.45, 2.75) is 12.5 Å². The first kappa shape index (κ1) is 16.3. The highest BCUT2D eigenvalue weighted by Gasteiger charge is 2.31. The fourth-order valence-corrected chi connectivity index (χ4v) is 2.57. The smallest absolute Gasteiger partial charge is 0.331 e. The first-order valence-corrected chi connectivity index (χ1v) is 7.01. The molecule has 0 aromatic carbocycles. The number of hydrogen-bond donors (Lipinski definition) is 2. The first-order valence-electron chi connectivity index (χ1n) is 5.21. The minimum absolute atomic E-state index is 0.130. The predicted molar refractivity (Wildman–Crippen MR) is 64.5 cm³/mol. The summed E-state index contributed by atoms with van der Waals surface area (Å²) >= 11 is 0. The van der Waals surface area contributed by atoms with E-state index in [9.17, 15) is 9.36 Å². The second-order valence-corrected chi connectivity index (χ2v) is 6.47. The standard InChI is InChI=1S/C10H20NO5P/c1-5-10(12)16-7-6-9(11(2,3)4)8-17(13,14)15/h5,9H,1,6-8H2,2-4H3,(H-,13,14,15)/p+1. The SMILES string of the molecule is C=CC(=O)OCCC(CP(=O)(O)O)[N+](C)(C)C. The summed E-state index contributed by atoms with van der Waals surface area (Å²) in [6.07, 6.45) is 1.24. The molecule has 0 aliphatic heterocycles.